The van der Waals surface area contributed by atoms with Crippen LogP contribution in [-0.4, -0.2) is 36.8 Å². The number of nitrogens with zero attached hydrogens (tertiary/aromatic N) is 1. The van der Waals surface area contributed by atoms with Crippen molar-refractivity contribution >= 4 is 50.5 Å². The van der Waals surface area contributed by atoms with Crippen molar-refractivity contribution in [3.63, 3.8) is 0 Å². The Morgan fingerprint density at radius 1 is 1.03 bits per heavy atom. The summed E-state index contributed by atoms with van der Waals surface area (Å²) in [6, 6.07) is 13.8. The molecule has 0 unspecified atom stereocenters. The van der Waals surface area contributed by atoms with Crippen molar-refractivity contribution in [3.8, 4) is 0 Å². The van der Waals surface area contributed by atoms with Crippen LogP contribution < -0.4 is 10.6 Å². The molecule has 30 heavy (non-hydrogen) atoms. The highest BCUT2D eigenvalue weighted by Gasteiger charge is 2.25. The van der Waals surface area contributed by atoms with Crippen LogP contribution in [0.2, 0.25) is 5.02 Å². The number of anilines is 1. The summed E-state index contributed by atoms with van der Waals surface area (Å²) in [5.74, 6) is -0.225. The van der Waals surface area contributed by atoms with E-state index in [-0.39, 0.29) is 22.3 Å². The number of rotatable bonds is 6. The number of hydrogen-bond donors (Lipinski definition) is 2. The lowest BCUT2D eigenvalue weighted by Crippen LogP contribution is -2.35. The second-order valence-corrected chi connectivity index (χ2v) is 9.84. The molecule has 1 aliphatic heterocycles. The predicted molar refractivity (Wildman–Crippen MR) is 123 cm³/mol. The molecule has 3 rings (SSSR count). The Morgan fingerprint density at radius 3 is 2.37 bits per heavy atom. The van der Waals surface area contributed by atoms with Gasteiger partial charge in [-0.1, -0.05) is 36.2 Å². The Labute approximate surface area is 187 Å². The second-order valence-electron chi connectivity index (χ2n) is 7.08. The normalized spacial score (nSPS) is 14.8. The van der Waals surface area contributed by atoms with Gasteiger partial charge in [-0.05, 0) is 67.4 Å². The number of aryl methyl sites for hydroxylation is 1. The van der Waals surface area contributed by atoms with Crippen molar-refractivity contribution in [1.29, 1.82) is 0 Å². The standard InChI is InChI=1S/C21H24ClN3O3S2/c22-19-7-3-2-6-16(19)8-13-20(26)24-21(29)23-17-9-11-18(12-10-17)30(27,28)25-14-4-1-5-15-25/h2-3,6-7,9-12H,1,4-5,8,13-15H2,(H2,23,24,26,29). The summed E-state index contributed by atoms with van der Waals surface area (Å²) < 4.78 is 26.9. The average molecular weight is 466 g/mol. The van der Waals surface area contributed by atoms with Crippen molar-refractivity contribution in [2.75, 3.05) is 18.4 Å². The summed E-state index contributed by atoms with van der Waals surface area (Å²) in [5, 5.41) is 6.32. The predicted octanol–water partition coefficient (Wildman–Crippen LogP) is 3.96. The van der Waals surface area contributed by atoms with Crippen LogP contribution >= 0.6 is 23.8 Å². The van der Waals surface area contributed by atoms with Gasteiger partial charge in [0, 0.05) is 30.2 Å². The van der Waals surface area contributed by atoms with E-state index in [1.54, 1.807) is 30.3 Å². The summed E-state index contributed by atoms with van der Waals surface area (Å²) in [6.07, 6.45) is 3.61. The maximum absolute atomic E-state index is 12.7. The molecule has 0 radical (unpaired) electrons. The van der Waals surface area contributed by atoms with Gasteiger partial charge in [0.25, 0.3) is 0 Å². The molecule has 9 heteroatoms. The van der Waals surface area contributed by atoms with Crippen LogP contribution in [0, 0.1) is 0 Å². The van der Waals surface area contributed by atoms with Crippen molar-refractivity contribution < 1.29 is 13.2 Å². The number of carbonyl (C=O) groups excluding carboxylic acids is 1. The molecule has 0 atom stereocenters. The van der Waals surface area contributed by atoms with Gasteiger partial charge in [-0.3, -0.25) is 4.79 Å². The Hall–Kier alpha value is -2.00. The van der Waals surface area contributed by atoms with Gasteiger partial charge >= 0.3 is 0 Å². The van der Waals surface area contributed by atoms with Gasteiger partial charge in [0.2, 0.25) is 15.9 Å². The molecular formula is C21H24ClN3O3S2. The minimum Gasteiger partial charge on any atom is -0.332 e. The molecule has 0 saturated carbocycles. The molecule has 2 N–H and O–H groups in total. The highest BCUT2D eigenvalue weighted by atomic mass is 35.5. The Bertz CT molecular complexity index is 1000. The molecule has 0 spiro atoms. The van der Waals surface area contributed by atoms with Gasteiger partial charge in [0.1, 0.15) is 0 Å². The molecule has 6 nitrogen and oxygen atoms in total. The van der Waals surface area contributed by atoms with Crippen molar-refractivity contribution in [3.05, 3.63) is 59.1 Å². The maximum Gasteiger partial charge on any atom is 0.243 e. The van der Waals surface area contributed by atoms with E-state index in [1.165, 1.54) is 4.31 Å². The third-order valence-corrected chi connectivity index (χ3v) is 7.38. The summed E-state index contributed by atoms with van der Waals surface area (Å²) in [4.78, 5) is 12.4. The molecule has 1 aliphatic rings. The molecule has 1 saturated heterocycles. The summed E-state index contributed by atoms with van der Waals surface area (Å²) in [6.45, 7) is 1.12. The van der Waals surface area contributed by atoms with Crippen molar-refractivity contribution in [1.82, 2.24) is 9.62 Å². The lowest BCUT2D eigenvalue weighted by molar-refractivity contribution is -0.119. The first kappa shape index (κ1) is 22.7. The number of piperidine rings is 1. The highest BCUT2D eigenvalue weighted by molar-refractivity contribution is 7.89. The van der Waals surface area contributed by atoms with Gasteiger partial charge in [0.05, 0.1) is 4.90 Å². The third kappa shape index (κ3) is 6.01. The van der Waals surface area contributed by atoms with Crippen molar-refractivity contribution in [2.45, 2.75) is 37.0 Å². The van der Waals surface area contributed by atoms with Crippen LogP contribution in [-0.2, 0) is 21.2 Å². The SMILES string of the molecule is O=C(CCc1ccccc1Cl)NC(=S)Nc1ccc(S(=O)(=O)N2CCCCC2)cc1. The molecular weight excluding hydrogens is 442 g/mol. The van der Waals surface area contributed by atoms with Crippen molar-refractivity contribution in [2.24, 2.45) is 0 Å². The van der Waals surface area contributed by atoms with Gasteiger partial charge < -0.3 is 10.6 Å². The Balaban J connectivity index is 1.51. The van der Waals surface area contributed by atoms with E-state index in [0.717, 1.165) is 24.8 Å². The fourth-order valence-corrected chi connectivity index (χ4v) is 5.24. The summed E-state index contributed by atoms with van der Waals surface area (Å²) >= 11 is 11.3. The molecule has 160 valence electrons. The fraction of sp³-hybridized carbons (Fsp3) is 0.333. The molecule has 2 aromatic carbocycles. The first-order valence-corrected chi connectivity index (χ1v) is 12.0. The van der Waals surface area contributed by atoms with Gasteiger partial charge in [0.15, 0.2) is 5.11 Å². The largest absolute Gasteiger partial charge is 0.332 e. The van der Waals surface area contributed by atoms with E-state index in [9.17, 15) is 13.2 Å². The van der Waals surface area contributed by atoms with Crippen LogP contribution in [0.15, 0.2) is 53.4 Å². The lowest BCUT2D eigenvalue weighted by Gasteiger charge is -2.25. The number of sulfonamides is 1. The number of hydrogen-bond acceptors (Lipinski definition) is 4. The van der Waals surface area contributed by atoms with Gasteiger partial charge in [-0.25, -0.2) is 8.42 Å². The molecule has 0 bridgehead atoms. The molecule has 1 heterocycles. The quantitative estimate of drug-likeness (QED) is 0.631. The zero-order valence-electron chi connectivity index (χ0n) is 16.4. The summed E-state index contributed by atoms with van der Waals surface area (Å²) in [7, 11) is -3.47. The van der Waals surface area contributed by atoms with Crippen LogP contribution in [0.1, 0.15) is 31.2 Å². The molecule has 2 aromatic rings. The van der Waals surface area contributed by atoms with E-state index in [4.69, 9.17) is 23.8 Å². The smallest absolute Gasteiger partial charge is 0.243 e. The zero-order valence-corrected chi connectivity index (χ0v) is 18.8. The molecule has 0 aromatic heterocycles. The van der Waals surface area contributed by atoms with E-state index < -0.39 is 10.0 Å². The Kier molecular flexibility index (Phi) is 7.82. The number of carbonyl (C=O) groups is 1. The topological polar surface area (TPSA) is 78.5 Å². The first-order valence-electron chi connectivity index (χ1n) is 9.81. The number of amides is 1. The second kappa shape index (κ2) is 10.3. The van der Waals surface area contributed by atoms with Crippen LogP contribution in [0.4, 0.5) is 5.69 Å². The Morgan fingerprint density at radius 2 is 1.70 bits per heavy atom. The minimum atomic E-state index is -3.47. The average Bonchev–Trinajstić information content (AvgIpc) is 2.74. The van der Waals surface area contributed by atoms with Crippen LogP contribution in [0.5, 0.6) is 0 Å². The molecule has 0 aliphatic carbocycles. The summed E-state index contributed by atoms with van der Waals surface area (Å²) in [5.41, 5.74) is 1.50. The first-order chi connectivity index (χ1) is 14.4. The number of nitrogens with one attached hydrogen (secondary N) is 2. The van der Waals surface area contributed by atoms with Gasteiger partial charge in [-0.15, -0.1) is 0 Å². The van der Waals surface area contributed by atoms with Gasteiger partial charge in [-0.2, -0.15) is 4.31 Å². The van der Waals surface area contributed by atoms with E-state index in [0.29, 0.717) is 30.2 Å². The minimum absolute atomic E-state index is 0.158. The molecule has 1 amide bonds. The maximum atomic E-state index is 12.7. The van der Waals surface area contributed by atoms with E-state index in [1.807, 2.05) is 18.2 Å². The number of thiocarbonyl (C=S) groups is 1. The van der Waals surface area contributed by atoms with Crippen LogP contribution in [0.25, 0.3) is 0 Å². The lowest BCUT2D eigenvalue weighted by atomic mass is 10.1. The monoisotopic (exact) mass is 465 g/mol. The zero-order chi connectivity index (χ0) is 21.6. The highest BCUT2D eigenvalue weighted by Crippen LogP contribution is 2.22. The third-order valence-electron chi connectivity index (χ3n) is 4.90. The van der Waals surface area contributed by atoms with E-state index >= 15 is 0 Å². The van der Waals surface area contributed by atoms with Crippen LogP contribution in [0.3, 0.4) is 0 Å². The fourth-order valence-electron chi connectivity index (χ4n) is 3.27. The number of benzene rings is 2. The number of halogens is 1. The van der Waals surface area contributed by atoms with E-state index in [2.05, 4.69) is 10.6 Å². The molecule has 1 fully saturated rings.